The first-order valence-corrected chi connectivity index (χ1v) is 12.6. The van der Waals surface area contributed by atoms with Gasteiger partial charge >= 0.3 is 5.97 Å². The Morgan fingerprint density at radius 1 is 1.06 bits per heavy atom. The molecule has 1 aromatic carbocycles. The zero-order valence-electron chi connectivity index (χ0n) is 20.3. The van der Waals surface area contributed by atoms with E-state index in [0.717, 1.165) is 57.7 Å². The van der Waals surface area contributed by atoms with Crippen LogP contribution in [0.25, 0.3) is 0 Å². The van der Waals surface area contributed by atoms with Crippen molar-refractivity contribution in [3.63, 3.8) is 0 Å². The lowest BCUT2D eigenvalue weighted by Crippen LogP contribution is -2.53. The molecule has 3 aliphatic rings. The summed E-state index contributed by atoms with van der Waals surface area (Å²) in [5.74, 6) is 0.787. The van der Waals surface area contributed by atoms with Gasteiger partial charge in [-0.2, -0.15) is 0 Å². The summed E-state index contributed by atoms with van der Waals surface area (Å²) in [4.78, 5) is 20.5. The average molecular weight is 444 g/mol. The van der Waals surface area contributed by atoms with Crippen LogP contribution in [0.15, 0.2) is 18.2 Å². The molecular weight excluding hydrogens is 402 g/mol. The molecule has 0 amide bonds. The molecule has 6 heteroatoms. The summed E-state index contributed by atoms with van der Waals surface area (Å²) in [5.41, 5.74) is 2.22. The van der Waals surface area contributed by atoms with Gasteiger partial charge in [0.05, 0.1) is 6.61 Å². The summed E-state index contributed by atoms with van der Waals surface area (Å²) in [6, 6.07) is 7.08. The lowest BCUT2D eigenvalue weighted by molar-refractivity contribution is -0.161. The number of rotatable bonds is 7. The Morgan fingerprint density at radius 2 is 1.81 bits per heavy atom. The second-order valence-corrected chi connectivity index (χ2v) is 9.91. The normalized spacial score (nSPS) is 23.0. The van der Waals surface area contributed by atoms with Crippen LogP contribution in [0.3, 0.4) is 0 Å². The van der Waals surface area contributed by atoms with Crippen molar-refractivity contribution in [2.45, 2.75) is 58.5 Å². The summed E-state index contributed by atoms with van der Waals surface area (Å²) in [7, 11) is 2.16. The lowest BCUT2D eigenvalue weighted by Gasteiger charge is -2.44. The number of likely N-dealkylation sites (tertiary alicyclic amines) is 2. The van der Waals surface area contributed by atoms with Gasteiger partial charge in [-0.05, 0) is 102 Å². The first-order valence-electron chi connectivity index (χ1n) is 12.6. The van der Waals surface area contributed by atoms with Gasteiger partial charge in [0.2, 0.25) is 0 Å². The van der Waals surface area contributed by atoms with Crippen LogP contribution in [0.5, 0.6) is 5.75 Å². The largest absolute Gasteiger partial charge is 0.492 e. The molecule has 2 saturated heterocycles. The third kappa shape index (κ3) is 5.29. The minimum absolute atomic E-state index is 0.0851. The zero-order chi connectivity index (χ0) is 22.6. The van der Waals surface area contributed by atoms with Crippen molar-refractivity contribution in [2.75, 3.05) is 59.5 Å². The number of hydrogen-bond acceptors (Lipinski definition) is 6. The summed E-state index contributed by atoms with van der Waals surface area (Å²) < 4.78 is 11.8. The number of esters is 1. The van der Waals surface area contributed by atoms with E-state index in [4.69, 9.17) is 9.47 Å². The number of nitrogens with zero attached hydrogens (tertiary/aromatic N) is 3. The maximum atomic E-state index is 13.0. The van der Waals surface area contributed by atoms with Crippen LogP contribution in [0.2, 0.25) is 0 Å². The number of carbonyl (C=O) groups is 1. The predicted molar refractivity (Wildman–Crippen MR) is 127 cm³/mol. The Balaban J connectivity index is 1.39. The molecule has 0 radical (unpaired) electrons. The minimum Gasteiger partial charge on any atom is -0.492 e. The van der Waals surface area contributed by atoms with Crippen molar-refractivity contribution in [1.29, 1.82) is 0 Å². The Hall–Kier alpha value is -1.63. The summed E-state index contributed by atoms with van der Waals surface area (Å²) in [5, 5.41) is 0. The number of hydrogen-bond donors (Lipinski definition) is 0. The molecule has 3 aliphatic heterocycles. The molecule has 1 aromatic rings. The van der Waals surface area contributed by atoms with Crippen molar-refractivity contribution in [1.82, 2.24) is 14.7 Å². The molecular formula is C26H41N3O3. The number of carbonyl (C=O) groups excluding carboxylic acids is 1. The monoisotopic (exact) mass is 443 g/mol. The molecule has 32 heavy (non-hydrogen) atoms. The van der Waals surface area contributed by atoms with Gasteiger partial charge in [0.15, 0.2) is 0 Å². The quantitative estimate of drug-likeness (QED) is 0.603. The maximum absolute atomic E-state index is 13.0. The maximum Gasteiger partial charge on any atom is 0.315 e. The van der Waals surface area contributed by atoms with E-state index in [1.54, 1.807) is 0 Å². The molecule has 4 rings (SSSR count). The molecule has 0 aliphatic carbocycles. The Morgan fingerprint density at radius 3 is 2.50 bits per heavy atom. The number of likely N-dealkylation sites (N-methyl/N-ethyl adjacent to an activating group) is 1. The highest BCUT2D eigenvalue weighted by Crippen LogP contribution is 2.36. The Labute approximate surface area is 193 Å². The molecule has 0 bridgehead atoms. The number of piperidine rings is 2. The second-order valence-electron chi connectivity index (χ2n) is 9.91. The van der Waals surface area contributed by atoms with E-state index in [1.807, 2.05) is 6.92 Å². The van der Waals surface area contributed by atoms with Gasteiger partial charge in [0.1, 0.15) is 17.8 Å². The number of fused-ring (bicyclic) bond motifs is 1. The molecule has 0 N–H and O–H groups in total. The van der Waals surface area contributed by atoms with Crippen LogP contribution in [0.4, 0.5) is 0 Å². The highest BCUT2D eigenvalue weighted by atomic mass is 16.5. The third-order valence-electron chi connectivity index (χ3n) is 7.88. The van der Waals surface area contributed by atoms with Crippen LogP contribution in [0, 0.1) is 5.41 Å². The predicted octanol–water partition coefficient (Wildman–Crippen LogP) is 3.18. The van der Waals surface area contributed by atoms with Crippen LogP contribution >= 0.6 is 0 Å². The van der Waals surface area contributed by atoms with Crippen LogP contribution in [0.1, 0.15) is 50.7 Å². The second kappa shape index (κ2) is 10.5. The van der Waals surface area contributed by atoms with Gasteiger partial charge in [-0.15, -0.1) is 0 Å². The van der Waals surface area contributed by atoms with Crippen molar-refractivity contribution < 1.29 is 14.3 Å². The first-order chi connectivity index (χ1) is 15.5. The van der Waals surface area contributed by atoms with E-state index in [9.17, 15) is 4.79 Å². The smallest absolute Gasteiger partial charge is 0.315 e. The van der Waals surface area contributed by atoms with Crippen LogP contribution in [-0.2, 0) is 22.5 Å². The SMILES string of the molecule is CCOC(=O)C1(COc2ccc3c(c2)CN(C)CC3)CCN(C2CCN(CC)CC2)CC1. The first kappa shape index (κ1) is 23.5. The van der Waals surface area contributed by atoms with Crippen molar-refractivity contribution in [3.05, 3.63) is 29.3 Å². The van der Waals surface area contributed by atoms with Crippen molar-refractivity contribution in [3.8, 4) is 5.75 Å². The fourth-order valence-electron chi connectivity index (χ4n) is 5.60. The van der Waals surface area contributed by atoms with Gasteiger partial charge < -0.3 is 24.2 Å². The lowest BCUT2D eigenvalue weighted by atomic mass is 9.78. The molecule has 178 valence electrons. The minimum atomic E-state index is -0.538. The molecule has 0 unspecified atom stereocenters. The number of benzene rings is 1. The summed E-state index contributed by atoms with van der Waals surface area (Å²) >= 11 is 0. The summed E-state index contributed by atoms with van der Waals surface area (Å²) in [6.45, 7) is 12.5. The molecule has 2 fully saturated rings. The van der Waals surface area contributed by atoms with E-state index < -0.39 is 5.41 Å². The fourth-order valence-corrected chi connectivity index (χ4v) is 5.60. The van der Waals surface area contributed by atoms with Gasteiger partial charge in [-0.1, -0.05) is 13.0 Å². The molecule has 0 saturated carbocycles. The van der Waals surface area contributed by atoms with Crippen molar-refractivity contribution >= 4 is 5.97 Å². The topological polar surface area (TPSA) is 45.3 Å². The number of ether oxygens (including phenoxy) is 2. The molecule has 0 aromatic heterocycles. The average Bonchev–Trinajstić information content (AvgIpc) is 2.83. The molecule has 6 nitrogen and oxygen atoms in total. The molecule has 0 atom stereocenters. The van der Waals surface area contributed by atoms with Crippen molar-refractivity contribution in [2.24, 2.45) is 5.41 Å². The van der Waals surface area contributed by atoms with E-state index in [0.29, 0.717) is 19.3 Å². The third-order valence-corrected chi connectivity index (χ3v) is 7.88. The zero-order valence-corrected chi connectivity index (χ0v) is 20.3. The molecule has 3 heterocycles. The van der Waals surface area contributed by atoms with E-state index in [-0.39, 0.29) is 5.97 Å². The van der Waals surface area contributed by atoms with Crippen LogP contribution in [-0.4, -0.2) is 86.2 Å². The van der Waals surface area contributed by atoms with Gasteiger partial charge in [-0.3, -0.25) is 4.79 Å². The standard InChI is InChI=1S/C26H41N3O3/c1-4-28-14-9-23(10-15-28)29-16-11-26(12-17-29,25(30)31-5-2)20-32-24-7-6-21-8-13-27(3)19-22(21)18-24/h6-7,18,23H,4-5,8-17,19-20H2,1-3H3. The van der Waals surface area contributed by atoms with Gasteiger partial charge in [-0.25, -0.2) is 0 Å². The fraction of sp³-hybridized carbons (Fsp3) is 0.731. The van der Waals surface area contributed by atoms with Gasteiger partial charge in [0.25, 0.3) is 0 Å². The van der Waals surface area contributed by atoms with E-state index in [1.165, 1.54) is 37.1 Å². The Kier molecular flexibility index (Phi) is 7.74. The highest BCUT2D eigenvalue weighted by Gasteiger charge is 2.45. The molecule has 0 spiro atoms. The summed E-state index contributed by atoms with van der Waals surface area (Å²) in [6.07, 6.45) is 5.19. The van der Waals surface area contributed by atoms with Crippen LogP contribution < -0.4 is 4.74 Å². The highest BCUT2D eigenvalue weighted by molar-refractivity contribution is 5.77. The Bertz CT molecular complexity index is 768. The van der Waals surface area contributed by atoms with E-state index in [2.05, 4.69) is 46.9 Å². The van der Waals surface area contributed by atoms with Gasteiger partial charge in [0, 0.05) is 19.1 Å². The van der Waals surface area contributed by atoms with E-state index >= 15 is 0 Å².